The second-order valence-electron chi connectivity index (χ2n) is 3.94. The van der Waals surface area contributed by atoms with Crippen LogP contribution < -0.4 is 0 Å². The van der Waals surface area contributed by atoms with Gasteiger partial charge in [-0.15, -0.1) is 0 Å². The molecule has 0 spiro atoms. The lowest BCUT2D eigenvalue weighted by Crippen LogP contribution is -2.25. The Labute approximate surface area is 84.5 Å². The van der Waals surface area contributed by atoms with Crippen molar-refractivity contribution in [2.75, 3.05) is 6.54 Å². The van der Waals surface area contributed by atoms with Crippen LogP contribution in [0.15, 0.2) is 30.3 Å². The van der Waals surface area contributed by atoms with Gasteiger partial charge >= 0.3 is 0 Å². The molecule has 2 nitrogen and oxygen atoms in total. The smallest absolute Gasteiger partial charge is 0.225 e. The highest BCUT2D eigenvalue weighted by atomic mass is 16.2. The zero-order valence-corrected chi connectivity index (χ0v) is 8.44. The van der Waals surface area contributed by atoms with Gasteiger partial charge in [-0.2, -0.15) is 0 Å². The van der Waals surface area contributed by atoms with Gasteiger partial charge < -0.3 is 4.90 Å². The lowest BCUT2D eigenvalue weighted by Gasteiger charge is -2.15. The van der Waals surface area contributed by atoms with Gasteiger partial charge in [0.15, 0.2) is 0 Å². The first-order valence-corrected chi connectivity index (χ1v) is 5.10. The fourth-order valence-electron chi connectivity index (χ4n) is 1.86. The van der Waals surface area contributed by atoms with Gasteiger partial charge in [0, 0.05) is 19.0 Å². The molecule has 0 saturated carbocycles. The molecule has 1 saturated heterocycles. The Morgan fingerprint density at radius 1 is 1.36 bits per heavy atom. The van der Waals surface area contributed by atoms with Gasteiger partial charge in [0.25, 0.3) is 0 Å². The zero-order valence-electron chi connectivity index (χ0n) is 8.44. The van der Waals surface area contributed by atoms with E-state index >= 15 is 0 Å². The Morgan fingerprint density at radius 2 is 2.07 bits per heavy atom. The summed E-state index contributed by atoms with van der Waals surface area (Å²) in [6.07, 6.45) is 1.01. The van der Waals surface area contributed by atoms with Crippen molar-refractivity contribution < 1.29 is 4.79 Å². The van der Waals surface area contributed by atoms with E-state index in [1.54, 1.807) is 0 Å². The third-order valence-corrected chi connectivity index (χ3v) is 2.78. The monoisotopic (exact) mass is 189 g/mol. The highest BCUT2D eigenvalue weighted by molar-refractivity contribution is 5.80. The van der Waals surface area contributed by atoms with E-state index in [1.807, 2.05) is 30.0 Å². The molecular formula is C12H15NO. The quantitative estimate of drug-likeness (QED) is 0.697. The predicted octanol–water partition coefficient (Wildman–Crippen LogP) is 2.05. The average molecular weight is 189 g/mol. The molecule has 2 heteroatoms. The molecule has 1 amide bonds. The Kier molecular flexibility index (Phi) is 2.53. The van der Waals surface area contributed by atoms with Crippen LogP contribution >= 0.6 is 0 Å². The summed E-state index contributed by atoms with van der Waals surface area (Å²) in [5.74, 6) is 0.521. The Morgan fingerprint density at radius 3 is 2.64 bits per heavy atom. The van der Waals surface area contributed by atoms with Crippen molar-refractivity contribution >= 4 is 5.91 Å². The van der Waals surface area contributed by atoms with E-state index < -0.39 is 0 Å². The number of benzene rings is 1. The molecule has 1 atom stereocenters. The molecule has 2 rings (SSSR count). The first kappa shape index (κ1) is 9.25. The highest BCUT2D eigenvalue weighted by Crippen LogP contribution is 2.19. The van der Waals surface area contributed by atoms with Crippen LogP contribution in [0.5, 0.6) is 0 Å². The van der Waals surface area contributed by atoms with E-state index in [9.17, 15) is 4.79 Å². The molecule has 0 radical (unpaired) electrons. The highest BCUT2D eigenvalue weighted by Gasteiger charge is 2.27. The van der Waals surface area contributed by atoms with Crippen LogP contribution in [0, 0.1) is 5.92 Å². The molecule has 1 aromatic carbocycles. The summed E-state index contributed by atoms with van der Waals surface area (Å²) in [6, 6.07) is 10.2. The molecule has 0 aromatic heterocycles. The van der Waals surface area contributed by atoms with Crippen LogP contribution in [-0.4, -0.2) is 17.4 Å². The van der Waals surface area contributed by atoms with Crippen LogP contribution in [0.4, 0.5) is 0 Å². The fraction of sp³-hybridized carbons (Fsp3) is 0.417. The van der Waals surface area contributed by atoms with Crippen LogP contribution in [0.1, 0.15) is 18.9 Å². The van der Waals surface area contributed by atoms with E-state index in [-0.39, 0.29) is 5.92 Å². The molecule has 0 N–H and O–H groups in total. The van der Waals surface area contributed by atoms with Crippen molar-refractivity contribution in [3.8, 4) is 0 Å². The predicted molar refractivity (Wildman–Crippen MR) is 55.6 cm³/mol. The summed E-state index contributed by atoms with van der Waals surface area (Å²) < 4.78 is 0. The standard InChI is InChI=1S/C12H15NO/c1-10-7-8-13(12(10)14)9-11-5-3-2-4-6-11/h2-6,10H,7-9H2,1H3/t10-/m1/s1. The molecule has 1 heterocycles. The lowest BCUT2D eigenvalue weighted by atomic mass is 10.1. The number of amides is 1. The van der Waals surface area contributed by atoms with Crippen molar-refractivity contribution in [2.24, 2.45) is 5.92 Å². The van der Waals surface area contributed by atoms with E-state index in [4.69, 9.17) is 0 Å². The number of carbonyl (C=O) groups is 1. The van der Waals surface area contributed by atoms with Crippen molar-refractivity contribution in [3.63, 3.8) is 0 Å². The Balaban J connectivity index is 2.02. The first-order chi connectivity index (χ1) is 6.77. The van der Waals surface area contributed by atoms with E-state index in [0.717, 1.165) is 19.5 Å². The number of rotatable bonds is 2. The van der Waals surface area contributed by atoms with Crippen molar-refractivity contribution in [3.05, 3.63) is 35.9 Å². The maximum absolute atomic E-state index is 11.6. The van der Waals surface area contributed by atoms with Crippen molar-refractivity contribution in [2.45, 2.75) is 19.9 Å². The molecule has 0 bridgehead atoms. The lowest BCUT2D eigenvalue weighted by molar-refractivity contribution is -0.131. The summed E-state index contributed by atoms with van der Waals surface area (Å²) in [5, 5.41) is 0. The molecule has 0 aliphatic carbocycles. The minimum absolute atomic E-state index is 0.221. The van der Waals surface area contributed by atoms with Crippen LogP contribution in [-0.2, 0) is 11.3 Å². The minimum Gasteiger partial charge on any atom is -0.338 e. The van der Waals surface area contributed by atoms with Gasteiger partial charge in [0.2, 0.25) is 5.91 Å². The summed E-state index contributed by atoms with van der Waals surface area (Å²) >= 11 is 0. The normalized spacial score (nSPS) is 21.6. The van der Waals surface area contributed by atoms with E-state index in [0.29, 0.717) is 5.91 Å². The molecule has 1 aliphatic rings. The second-order valence-corrected chi connectivity index (χ2v) is 3.94. The van der Waals surface area contributed by atoms with Crippen LogP contribution in [0.25, 0.3) is 0 Å². The SMILES string of the molecule is C[C@@H]1CCN(Cc2ccccc2)C1=O. The molecule has 14 heavy (non-hydrogen) atoms. The van der Waals surface area contributed by atoms with E-state index in [1.165, 1.54) is 5.56 Å². The van der Waals surface area contributed by atoms with Crippen LogP contribution in [0.3, 0.4) is 0 Å². The Hall–Kier alpha value is -1.31. The molecule has 1 aromatic rings. The number of hydrogen-bond acceptors (Lipinski definition) is 1. The third-order valence-electron chi connectivity index (χ3n) is 2.78. The van der Waals surface area contributed by atoms with Crippen molar-refractivity contribution in [1.29, 1.82) is 0 Å². The molecular weight excluding hydrogens is 174 g/mol. The summed E-state index contributed by atoms with van der Waals surface area (Å²) in [4.78, 5) is 13.6. The summed E-state index contributed by atoms with van der Waals surface area (Å²) in [5.41, 5.74) is 1.22. The Bertz CT molecular complexity index is 320. The summed E-state index contributed by atoms with van der Waals surface area (Å²) in [7, 11) is 0. The van der Waals surface area contributed by atoms with Crippen LogP contribution in [0.2, 0.25) is 0 Å². The van der Waals surface area contributed by atoms with Gasteiger partial charge in [0.05, 0.1) is 0 Å². The van der Waals surface area contributed by atoms with Gasteiger partial charge in [-0.1, -0.05) is 37.3 Å². The fourth-order valence-corrected chi connectivity index (χ4v) is 1.86. The molecule has 1 fully saturated rings. The first-order valence-electron chi connectivity index (χ1n) is 5.10. The van der Waals surface area contributed by atoms with Gasteiger partial charge in [0.1, 0.15) is 0 Å². The molecule has 74 valence electrons. The van der Waals surface area contributed by atoms with E-state index in [2.05, 4.69) is 12.1 Å². The zero-order chi connectivity index (χ0) is 9.97. The number of carbonyl (C=O) groups excluding carboxylic acids is 1. The topological polar surface area (TPSA) is 20.3 Å². The second kappa shape index (κ2) is 3.82. The molecule has 1 aliphatic heterocycles. The minimum atomic E-state index is 0.221. The van der Waals surface area contributed by atoms with Gasteiger partial charge in [-0.25, -0.2) is 0 Å². The van der Waals surface area contributed by atoms with Gasteiger partial charge in [-0.05, 0) is 12.0 Å². The number of likely N-dealkylation sites (tertiary alicyclic amines) is 1. The molecule has 0 unspecified atom stereocenters. The third kappa shape index (κ3) is 1.79. The maximum Gasteiger partial charge on any atom is 0.225 e. The summed E-state index contributed by atoms with van der Waals surface area (Å²) in [6.45, 7) is 3.69. The largest absolute Gasteiger partial charge is 0.338 e. The average Bonchev–Trinajstić information content (AvgIpc) is 2.52. The van der Waals surface area contributed by atoms with Crippen molar-refractivity contribution in [1.82, 2.24) is 4.90 Å². The number of nitrogens with zero attached hydrogens (tertiary/aromatic N) is 1. The number of hydrogen-bond donors (Lipinski definition) is 0. The van der Waals surface area contributed by atoms with Gasteiger partial charge in [-0.3, -0.25) is 4.79 Å². The maximum atomic E-state index is 11.6.